The predicted octanol–water partition coefficient (Wildman–Crippen LogP) is 5.91. The molecule has 1 aromatic carbocycles. The number of unbranched alkanes of at least 4 members (excludes halogenated alkanes) is 6. The zero-order valence-corrected chi connectivity index (χ0v) is 14.4. The van der Waals surface area contributed by atoms with E-state index in [1.807, 2.05) is 24.3 Å². The second-order valence-electron chi connectivity index (χ2n) is 5.11. The fourth-order valence-corrected chi connectivity index (χ4v) is 2.50. The van der Waals surface area contributed by atoms with Crippen molar-refractivity contribution < 1.29 is 9.53 Å². The molecule has 1 aromatic rings. The van der Waals surface area contributed by atoms with Gasteiger partial charge in [0, 0.05) is 4.47 Å². The summed E-state index contributed by atoms with van der Waals surface area (Å²) in [7, 11) is 0. The van der Waals surface area contributed by atoms with Crippen molar-refractivity contribution in [2.75, 3.05) is 6.61 Å². The number of benzene rings is 1. The summed E-state index contributed by atoms with van der Waals surface area (Å²) in [5, 5.41) is 0. The Kier molecular flexibility index (Phi) is 9.88. The van der Waals surface area contributed by atoms with E-state index < -0.39 is 0 Å². The van der Waals surface area contributed by atoms with Crippen LogP contribution in [0.1, 0.15) is 62.2 Å². The molecule has 0 saturated carbocycles. The van der Waals surface area contributed by atoms with Crippen LogP contribution in [0, 0.1) is 0 Å². The zero-order valence-electron chi connectivity index (χ0n) is 12.8. The summed E-state index contributed by atoms with van der Waals surface area (Å²) in [6, 6.07) is 7.30. The molecular formula is C18H25BrO2. The number of halogens is 1. The molecule has 116 valence electrons. The molecule has 0 aromatic heterocycles. The van der Waals surface area contributed by atoms with Crippen molar-refractivity contribution >= 4 is 21.9 Å². The zero-order chi connectivity index (χ0) is 15.3. The number of esters is 1. The minimum atomic E-state index is -0.285. The van der Waals surface area contributed by atoms with E-state index in [9.17, 15) is 4.79 Å². The highest BCUT2D eigenvalue weighted by Crippen LogP contribution is 2.16. The molecule has 1 rings (SSSR count). The first-order valence-corrected chi connectivity index (χ1v) is 8.61. The maximum Gasteiger partial charge on any atom is 0.339 e. The van der Waals surface area contributed by atoms with Crippen LogP contribution in [0.5, 0.6) is 0 Å². The van der Waals surface area contributed by atoms with Crippen molar-refractivity contribution in [2.45, 2.75) is 51.9 Å². The molecular weight excluding hydrogens is 328 g/mol. The van der Waals surface area contributed by atoms with Gasteiger partial charge in [-0.1, -0.05) is 63.3 Å². The predicted molar refractivity (Wildman–Crippen MR) is 91.6 cm³/mol. The molecule has 3 heteroatoms. The third-order valence-electron chi connectivity index (χ3n) is 3.30. The van der Waals surface area contributed by atoms with E-state index in [0.29, 0.717) is 12.2 Å². The van der Waals surface area contributed by atoms with E-state index in [1.54, 1.807) is 6.07 Å². The van der Waals surface area contributed by atoms with Crippen LogP contribution in [-0.2, 0) is 4.74 Å². The van der Waals surface area contributed by atoms with Gasteiger partial charge in [0.15, 0.2) is 0 Å². The summed E-state index contributed by atoms with van der Waals surface area (Å²) >= 11 is 3.35. The number of hydrogen-bond donors (Lipinski definition) is 0. The van der Waals surface area contributed by atoms with Crippen molar-refractivity contribution in [2.24, 2.45) is 0 Å². The topological polar surface area (TPSA) is 26.3 Å². The van der Waals surface area contributed by atoms with E-state index in [2.05, 4.69) is 28.9 Å². The molecule has 0 N–H and O–H groups in total. The average molecular weight is 353 g/mol. The van der Waals surface area contributed by atoms with Gasteiger partial charge in [0.1, 0.15) is 6.61 Å². The van der Waals surface area contributed by atoms with E-state index in [0.717, 1.165) is 10.9 Å². The molecule has 2 nitrogen and oxygen atoms in total. The number of carbonyl (C=O) groups is 1. The van der Waals surface area contributed by atoms with Crippen LogP contribution in [0.4, 0.5) is 0 Å². The third kappa shape index (κ3) is 8.05. The van der Waals surface area contributed by atoms with E-state index in [4.69, 9.17) is 4.74 Å². The second-order valence-corrected chi connectivity index (χ2v) is 5.96. The van der Waals surface area contributed by atoms with Gasteiger partial charge in [-0.3, -0.25) is 0 Å². The monoisotopic (exact) mass is 352 g/mol. The number of ether oxygens (including phenoxy) is 1. The molecule has 0 unspecified atom stereocenters. The fourth-order valence-electron chi connectivity index (χ4n) is 2.06. The number of carbonyl (C=O) groups excluding carboxylic acids is 1. The van der Waals surface area contributed by atoms with E-state index in [-0.39, 0.29) is 5.97 Å². The number of allylic oxidation sites excluding steroid dienone is 1. The minimum Gasteiger partial charge on any atom is -0.458 e. The molecule has 0 aliphatic carbocycles. The van der Waals surface area contributed by atoms with Gasteiger partial charge in [0.25, 0.3) is 0 Å². The summed E-state index contributed by atoms with van der Waals surface area (Å²) in [4.78, 5) is 11.8. The number of hydrogen-bond acceptors (Lipinski definition) is 2. The quantitative estimate of drug-likeness (QED) is 0.297. The molecule has 0 spiro atoms. The third-order valence-corrected chi connectivity index (χ3v) is 3.99. The molecule has 0 bridgehead atoms. The van der Waals surface area contributed by atoms with Crippen LogP contribution < -0.4 is 0 Å². The Morgan fingerprint density at radius 3 is 2.57 bits per heavy atom. The summed E-state index contributed by atoms with van der Waals surface area (Å²) in [5.41, 5.74) is 0.571. The van der Waals surface area contributed by atoms with Crippen molar-refractivity contribution in [3.05, 3.63) is 46.5 Å². The Morgan fingerprint density at radius 2 is 1.81 bits per heavy atom. The van der Waals surface area contributed by atoms with Crippen molar-refractivity contribution in [1.29, 1.82) is 0 Å². The van der Waals surface area contributed by atoms with Crippen LogP contribution in [-0.4, -0.2) is 12.6 Å². The Morgan fingerprint density at radius 1 is 1.10 bits per heavy atom. The molecule has 0 aliphatic heterocycles. The first kappa shape index (κ1) is 18.0. The fraction of sp³-hybridized carbons (Fsp3) is 0.500. The molecule has 0 saturated heterocycles. The van der Waals surface area contributed by atoms with Gasteiger partial charge < -0.3 is 4.74 Å². The molecule has 0 radical (unpaired) electrons. The van der Waals surface area contributed by atoms with Gasteiger partial charge in [-0.25, -0.2) is 4.79 Å². The van der Waals surface area contributed by atoms with Crippen LogP contribution in [0.25, 0.3) is 0 Å². The highest BCUT2D eigenvalue weighted by atomic mass is 79.9. The Bertz CT molecular complexity index is 441. The second kappa shape index (κ2) is 11.6. The average Bonchev–Trinajstić information content (AvgIpc) is 2.49. The molecule has 21 heavy (non-hydrogen) atoms. The van der Waals surface area contributed by atoms with Crippen LogP contribution in [0.15, 0.2) is 40.9 Å². The highest BCUT2D eigenvalue weighted by Gasteiger charge is 2.09. The lowest BCUT2D eigenvalue weighted by Crippen LogP contribution is -2.05. The van der Waals surface area contributed by atoms with Gasteiger partial charge in [0.2, 0.25) is 0 Å². The van der Waals surface area contributed by atoms with Crippen molar-refractivity contribution in [3.8, 4) is 0 Å². The first-order chi connectivity index (χ1) is 10.3. The number of rotatable bonds is 10. The van der Waals surface area contributed by atoms with Gasteiger partial charge in [-0.05, 0) is 40.9 Å². The normalized spacial score (nSPS) is 11.0. The van der Waals surface area contributed by atoms with E-state index in [1.165, 1.54) is 38.5 Å². The lowest BCUT2D eigenvalue weighted by atomic mass is 10.1. The largest absolute Gasteiger partial charge is 0.458 e. The SMILES string of the molecule is CCCCCCCC/C=C/COC(=O)c1ccccc1Br. The van der Waals surface area contributed by atoms with E-state index >= 15 is 0 Å². The Hall–Kier alpha value is -1.09. The lowest BCUT2D eigenvalue weighted by Gasteiger charge is -2.03. The molecule has 0 heterocycles. The standard InChI is InChI=1S/C18H25BrO2/c1-2-3-4-5-6-7-8-9-12-15-21-18(20)16-13-10-11-14-17(16)19/h9-14H,2-8,15H2,1H3/b12-9+. The smallest absolute Gasteiger partial charge is 0.339 e. The Balaban J connectivity index is 2.09. The van der Waals surface area contributed by atoms with Crippen LogP contribution >= 0.6 is 15.9 Å². The van der Waals surface area contributed by atoms with Gasteiger partial charge in [0.05, 0.1) is 5.56 Å². The summed E-state index contributed by atoms with van der Waals surface area (Å²) in [6.07, 6.45) is 12.9. The lowest BCUT2D eigenvalue weighted by molar-refractivity contribution is 0.0548. The Labute approximate surface area is 136 Å². The van der Waals surface area contributed by atoms with Crippen LogP contribution in [0.3, 0.4) is 0 Å². The van der Waals surface area contributed by atoms with Gasteiger partial charge >= 0.3 is 5.97 Å². The molecule has 0 atom stereocenters. The van der Waals surface area contributed by atoms with Crippen LogP contribution in [0.2, 0.25) is 0 Å². The molecule has 0 amide bonds. The molecule has 0 aliphatic rings. The van der Waals surface area contributed by atoms with Crippen molar-refractivity contribution in [3.63, 3.8) is 0 Å². The highest BCUT2D eigenvalue weighted by molar-refractivity contribution is 9.10. The van der Waals surface area contributed by atoms with Gasteiger partial charge in [-0.2, -0.15) is 0 Å². The maximum atomic E-state index is 11.8. The first-order valence-electron chi connectivity index (χ1n) is 7.82. The molecule has 0 fully saturated rings. The summed E-state index contributed by atoms with van der Waals surface area (Å²) < 4.78 is 5.98. The summed E-state index contributed by atoms with van der Waals surface area (Å²) in [5.74, 6) is -0.285. The summed E-state index contributed by atoms with van der Waals surface area (Å²) in [6.45, 7) is 2.58. The van der Waals surface area contributed by atoms with Crippen molar-refractivity contribution in [1.82, 2.24) is 0 Å². The van der Waals surface area contributed by atoms with Gasteiger partial charge in [-0.15, -0.1) is 0 Å². The maximum absolute atomic E-state index is 11.8. The minimum absolute atomic E-state index is 0.285.